The summed E-state index contributed by atoms with van der Waals surface area (Å²) in [4.78, 5) is 23.2. The van der Waals surface area contributed by atoms with Gasteiger partial charge in [0.2, 0.25) is 0 Å². The van der Waals surface area contributed by atoms with Crippen LogP contribution in [0.15, 0.2) is 36.5 Å². The van der Waals surface area contributed by atoms with Crippen molar-refractivity contribution in [1.82, 2.24) is 15.5 Å². The van der Waals surface area contributed by atoms with E-state index in [1.807, 2.05) is 30.3 Å². The molecule has 0 bridgehead atoms. The Morgan fingerprint density at radius 3 is 2.62 bits per heavy atom. The summed E-state index contributed by atoms with van der Waals surface area (Å²) in [6.45, 7) is -0.325. The van der Waals surface area contributed by atoms with E-state index in [0.717, 1.165) is 5.56 Å². The smallest absolute Gasteiger partial charge is 0.326 e. The molecule has 7 heteroatoms. The summed E-state index contributed by atoms with van der Waals surface area (Å²) in [5.74, 6) is -1.74. The van der Waals surface area contributed by atoms with E-state index in [2.05, 4.69) is 15.5 Å². The Kier molecular flexibility index (Phi) is 4.68. The third-order valence-electron chi connectivity index (χ3n) is 2.97. The van der Waals surface area contributed by atoms with Gasteiger partial charge in [0.15, 0.2) is 0 Å². The van der Waals surface area contributed by atoms with Crippen LogP contribution in [0.25, 0.3) is 11.3 Å². The Labute approximate surface area is 120 Å². The van der Waals surface area contributed by atoms with E-state index in [9.17, 15) is 9.59 Å². The number of amides is 1. The number of carbonyl (C=O) groups is 2. The molecule has 4 N–H and O–H groups in total. The summed E-state index contributed by atoms with van der Waals surface area (Å²) in [5.41, 5.74) is 1.54. The van der Waals surface area contributed by atoms with Crippen LogP contribution >= 0.6 is 0 Å². The molecule has 2 aromatic rings. The second-order valence-electron chi connectivity index (χ2n) is 4.40. The topological polar surface area (TPSA) is 115 Å². The highest BCUT2D eigenvalue weighted by Gasteiger charge is 2.22. The van der Waals surface area contributed by atoms with Crippen molar-refractivity contribution >= 4 is 11.9 Å². The second-order valence-corrected chi connectivity index (χ2v) is 4.40. The van der Waals surface area contributed by atoms with E-state index in [0.29, 0.717) is 5.69 Å². The van der Waals surface area contributed by atoms with E-state index in [4.69, 9.17) is 10.2 Å². The van der Waals surface area contributed by atoms with Crippen LogP contribution in [0.3, 0.4) is 0 Å². The zero-order valence-corrected chi connectivity index (χ0v) is 11.1. The third-order valence-corrected chi connectivity index (χ3v) is 2.97. The first kappa shape index (κ1) is 14.7. The van der Waals surface area contributed by atoms with E-state index in [1.165, 1.54) is 6.20 Å². The molecule has 0 saturated heterocycles. The lowest BCUT2D eigenvalue weighted by Crippen LogP contribution is -2.41. The van der Waals surface area contributed by atoms with Crippen molar-refractivity contribution in [2.75, 3.05) is 6.61 Å². The standard InChI is InChI=1S/C14H15N3O4/c18-7-6-11(14(20)21)16-13(19)10-8-15-17-12(10)9-4-2-1-3-5-9/h1-5,8,11,18H,6-7H2,(H,15,17)(H,16,19)(H,20,21)/t11-/m0/s1. The highest BCUT2D eigenvalue weighted by Crippen LogP contribution is 2.20. The van der Waals surface area contributed by atoms with E-state index in [-0.39, 0.29) is 18.6 Å². The van der Waals surface area contributed by atoms with Crippen molar-refractivity contribution in [2.24, 2.45) is 0 Å². The number of aliphatic hydroxyl groups excluding tert-OH is 1. The molecule has 0 spiro atoms. The molecule has 2 rings (SSSR count). The third kappa shape index (κ3) is 3.46. The first-order valence-corrected chi connectivity index (χ1v) is 6.36. The average Bonchev–Trinajstić information content (AvgIpc) is 2.97. The van der Waals surface area contributed by atoms with Crippen LogP contribution in [0.5, 0.6) is 0 Å². The van der Waals surface area contributed by atoms with Gasteiger partial charge in [-0.25, -0.2) is 4.79 Å². The number of carbonyl (C=O) groups excluding carboxylic acids is 1. The Balaban J connectivity index is 2.21. The van der Waals surface area contributed by atoms with Crippen LogP contribution in [0, 0.1) is 0 Å². The van der Waals surface area contributed by atoms with Crippen molar-refractivity contribution < 1.29 is 19.8 Å². The number of nitrogens with one attached hydrogen (secondary N) is 2. The maximum atomic E-state index is 12.2. The zero-order chi connectivity index (χ0) is 15.2. The van der Waals surface area contributed by atoms with Crippen LogP contribution < -0.4 is 5.32 Å². The molecule has 1 atom stereocenters. The molecule has 7 nitrogen and oxygen atoms in total. The van der Waals surface area contributed by atoms with Gasteiger partial charge in [0, 0.05) is 18.6 Å². The van der Waals surface area contributed by atoms with Crippen LogP contribution in [0.4, 0.5) is 0 Å². The number of aliphatic carboxylic acids is 1. The normalized spacial score (nSPS) is 11.9. The van der Waals surface area contributed by atoms with Crippen LogP contribution in [-0.4, -0.2) is 44.9 Å². The van der Waals surface area contributed by atoms with Crippen molar-refractivity contribution in [3.8, 4) is 11.3 Å². The van der Waals surface area contributed by atoms with E-state index < -0.39 is 17.9 Å². The molecule has 0 saturated carbocycles. The zero-order valence-electron chi connectivity index (χ0n) is 11.1. The van der Waals surface area contributed by atoms with E-state index in [1.54, 1.807) is 0 Å². The number of nitrogens with zero attached hydrogens (tertiary/aromatic N) is 1. The van der Waals surface area contributed by atoms with Gasteiger partial charge in [-0.05, 0) is 0 Å². The van der Waals surface area contributed by atoms with Gasteiger partial charge < -0.3 is 15.5 Å². The molecule has 0 fully saturated rings. The minimum atomic E-state index is -1.19. The number of aromatic nitrogens is 2. The fourth-order valence-corrected chi connectivity index (χ4v) is 1.91. The van der Waals surface area contributed by atoms with Crippen molar-refractivity contribution in [1.29, 1.82) is 0 Å². The number of carboxylic acids is 1. The van der Waals surface area contributed by atoms with Crippen molar-refractivity contribution in [3.63, 3.8) is 0 Å². The van der Waals surface area contributed by atoms with Gasteiger partial charge in [-0.1, -0.05) is 30.3 Å². The summed E-state index contributed by atoms with van der Waals surface area (Å²) in [6, 6.07) is 7.98. The monoisotopic (exact) mass is 289 g/mol. The molecule has 1 aromatic heterocycles. The van der Waals surface area contributed by atoms with Gasteiger partial charge in [-0.2, -0.15) is 5.10 Å². The number of aromatic amines is 1. The number of H-pyrrole nitrogens is 1. The molecule has 1 heterocycles. The number of hydrogen-bond acceptors (Lipinski definition) is 4. The Bertz CT molecular complexity index is 624. The molecule has 0 unspecified atom stereocenters. The molecule has 21 heavy (non-hydrogen) atoms. The highest BCUT2D eigenvalue weighted by atomic mass is 16.4. The molecule has 1 amide bonds. The molecule has 0 aliphatic rings. The SMILES string of the molecule is O=C(N[C@@H](CCO)C(=O)O)c1cn[nH]c1-c1ccccc1. The molecular formula is C14H15N3O4. The van der Waals surface area contributed by atoms with Gasteiger partial charge in [-0.3, -0.25) is 9.89 Å². The highest BCUT2D eigenvalue weighted by molar-refractivity contribution is 6.01. The molecule has 1 aromatic carbocycles. The molecule has 0 aliphatic heterocycles. The predicted octanol–water partition coefficient (Wildman–Crippen LogP) is 0.642. The Morgan fingerprint density at radius 1 is 1.29 bits per heavy atom. The minimum Gasteiger partial charge on any atom is -0.480 e. The van der Waals surface area contributed by atoms with Crippen LogP contribution in [0.2, 0.25) is 0 Å². The summed E-state index contributed by atoms with van der Waals surface area (Å²) < 4.78 is 0. The lowest BCUT2D eigenvalue weighted by Gasteiger charge is -2.13. The van der Waals surface area contributed by atoms with Crippen molar-refractivity contribution in [2.45, 2.75) is 12.5 Å². The maximum absolute atomic E-state index is 12.2. The largest absolute Gasteiger partial charge is 0.480 e. The number of rotatable bonds is 6. The fourth-order valence-electron chi connectivity index (χ4n) is 1.91. The lowest BCUT2D eigenvalue weighted by molar-refractivity contribution is -0.139. The first-order valence-electron chi connectivity index (χ1n) is 6.36. The van der Waals surface area contributed by atoms with E-state index >= 15 is 0 Å². The lowest BCUT2D eigenvalue weighted by atomic mass is 10.1. The summed E-state index contributed by atoms with van der Waals surface area (Å²) in [7, 11) is 0. The predicted molar refractivity (Wildman–Crippen MR) is 74.6 cm³/mol. The number of carboxylic acid groups (broad SMARTS) is 1. The molecular weight excluding hydrogens is 274 g/mol. The van der Waals surface area contributed by atoms with Gasteiger partial charge >= 0.3 is 5.97 Å². The maximum Gasteiger partial charge on any atom is 0.326 e. The van der Waals surface area contributed by atoms with Crippen LogP contribution in [0.1, 0.15) is 16.8 Å². The van der Waals surface area contributed by atoms with Crippen molar-refractivity contribution in [3.05, 3.63) is 42.1 Å². The summed E-state index contributed by atoms with van der Waals surface area (Å²) >= 11 is 0. The second kappa shape index (κ2) is 6.67. The van der Waals surface area contributed by atoms with Crippen LogP contribution in [-0.2, 0) is 4.79 Å². The Morgan fingerprint density at radius 2 is 2.00 bits per heavy atom. The fraction of sp³-hybridized carbons (Fsp3) is 0.214. The van der Waals surface area contributed by atoms with Gasteiger partial charge in [0.05, 0.1) is 17.5 Å². The number of aliphatic hydroxyl groups is 1. The number of hydrogen-bond donors (Lipinski definition) is 4. The Hall–Kier alpha value is -2.67. The summed E-state index contributed by atoms with van der Waals surface area (Å²) in [6.07, 6.45) is 1.29. The number of benzene rings is 1. The minimum absolute atomic E-state index is 0.0560. The average molecular weight is 289 g/mol. The van der Waals surface area contributed by atoms with Gasteiger partial charge in [0.25, 0.3) is 5.91 Å². The molecule has 110 valence electrons. The van der Waals surface area contributed by atoms with Gasteiger partial charge in [-0.15, -0.1) is 0 Å². The summed E-state index contributed by atoms with van der Waals surface area (Å²) in [5, 5.41) is 26.8. The van der Waals surface area contributed by atoms with Gasteiger partial charge in [0.1, 0.15) is 6.04 Å². The molecule has 0 radical (unpaired) electrons. The molecule has 0 aliphatic carbocycles. The quantitative estimate of drug-likeness (QED) is 0.623. The first-order chi connectivity index (χ1) is 10.1.